The highest BCUT2D eigenvalue weighted by molar-refractivity contribution is 5.77. The maximum absolute atomic E-state index is 5.89. The Balaban J connectivity index is 2.16. The molecule has 2 heterocycles. The predicted molar refractivity (Wildman–Crippen MR) is 71.1 cm³/mol. The van der Waals surface area contributed by atoms with Gasteiger partial charge in [0.15, 0.2) is 0 Å². The Morgan fingerprint density at radius 2 is 2.33 bits per heavy atom. The van der Waals surface area contributed by atoms with Crippen LogP contribution < -0.4 is 5.73 Å². The van der Waals surface area contributed by atoms with E-state index in [4.69, 9.17) is 15.5 Å². The molecule has 1 aromatic carbocycles. The van der Waals surface area contributed by atoms with Gasteiger partial charge in [-0.3, -0.25) is 0 Å². The molecule has 3 rings (SSSR count). The third kappa shape index (κ3) is 1.64. The second-order valence-corrected chi connectivity index (χ2v) is 5.20. The van der Waals surface area contributed by atoms with Crippen LogP contribution in [0.2, 0.25) is 0 Å². The second-order valence-electron chi connectivity index (χ2n) is 5.20. The number of nitrogens with zero attached hydrogens (tertiary/aromatic N) is 2. The molecule has 0 amide bonds. The van der Waals surface area contributed by atoms with Crippen molar-refractivity contribution in [1.29, 1.82) is 0 Å². The summed E-state index contributed by atoms with van der Waals surface area (Å²) in [5.74, 6) is 1.02. The van der Waals surface area contributed by atoms with Crippen LogP contribution >= 0.6 is 0 Å². The van der Waals surface area contributed by atoms with E-state index in [0.717, 1.165) is 41.9 Å². The van der Waals surface area contributed by atoms with Crippen molar-refractivity contribution in [2.75, 3.05) is 6.61 Å². The van der Waals surface area contributed by atoms with Gasteiger partial charge in [0, 0.05) is 20.2 Å². The van der Waals surface area contributed by atoms with E-state index in [0.29, 0.717) is 6.54 Å². The molecule has 1 aliphatic rings. The van der Waals surface area contributed by atoms with E-state index < -0.39 is 0 Å². The molecule has 0 saturated carbocycles. The highest BCUT2D eigenvalue weighted by Gasteiger charge is 2.36. The molecule has 1 aromatic heterocycles. The second kappa shape index (κ2) is 4.07. The molecular weight excluding hydrogens is 226 g/mol. The van der Waals surface area contributed by atoms with Gasteiger partial charge >= 0.3 is 0 Å². The van der Waals surface area contributed by atoms with E-state index in [-0.39, 0.29) is 5.60 Å². The van der Waals surface area contributed by atoms with E-state index in [1.165, 1.54) is 0 Å². The molecule has 4 nitrogen and oxygen atoms in total. The third-order valence-electron chi connectivity index (χ3n) is 3.87. The zero-order chi connectivity index (χ0) is 12.8. The summed E-state index contributed by atoms with van der Waals surface area (Å²) in [5.41, 5.74) is 8.70. The molecule has 1 unspecified atom stereocenters. The van der Waals surface area contributed by atoms with Crippen LogP contribution in [-0.4, -0.2) is 16.2 Å². The number of imidazole rings is 1. The molecule has 18 heavy (non-hydrogen) atoms. The Bertz CT molecular complexity index is 582. The first kappa shape index (κ1) is 11.7. The van der Waals surface area contributed by atoms with Gasteiger partial charge in [0.2, 0.25) is 0 Å². The van der Waals surface area contributed by atoms with Crippen molar-refractivity contribution in [3.63, 3.8) is 0 Å². The molecule has 96 valence electrons. The Morgan fingerprint density at radius 3 is 3.00 bits per heavy atom. The minimum atomic E-state index is -0.239. The van der Waals surface area contributed by atoms with Gasteiger partial charge in [0.05, 0.1) is 11.0 Å². The van der Waals surface area contributed by atoms with Crippen molar-refractivity contribution in [1.82, 2.24) is 9.55 Å². The number of benzene rings is 1. The molecule has 0 spiro atoms. The molecule has 1 fully saturated rings. The monoisotopic (exact) mass is 245 g/mol. The third-order valence-corrected chi connectivity index (χ3v) is 3.87. The smallest absolute Gasteiger partial charge is 0.141 e. The molecule has 4 heteroatoms. The van der Waals surface area contributed by atoms with Crippen molar-refractivity contribution in [2.24, 2.45) is 12.8 Å². The Kier molecular flexibility index (Phi) is 2.64. The van der Waals surface area contributed by atoms with E-state index in [2.05, 4.69) is 36.7 Å². The summed E-state index contributed by atoms with van der Waals surface area (Å²) in [6.45, 7) is 3.51. The van der Waals surface area contributed by atoms with E-state index >= 15 is 0 Å². The standard InChI is InChI=1S/C14H19N3O/c1-14(6-3-7-18-14)13-16-11-8-10(9-15)4-5-12(11)17(13)2/h4-5,8H,3,6-7,9,15H2,1-2H3. The normalized spacial score (nSPS) is 23.9. The van der Waals surface area contributed by atoms with Crippen LogP contribution in [-0.2, 0) is 23.9 Å². The molecule has 2 N–H and O–H groups in total. The summed E-state index contributed by atoms with van der Waals surface area (Å²) in [4.78, 5) is 4.76. The van der Waals surface area contributed by atoms with Gasteiger partial charge in [0.1, 0.15) is 11.4 Å². The highest BCUT2D eigenvalue weighted by Crippen LogP contribution is 2.36. The zero-order valence-electron chi connectivity index (χ0n) is 10.9. The first-order valence-corrected chi connectivity index (χ1v) is 6.44. The molecule has 0 bridgehead atoms. The van der Waals surface area contributed by atoms with Crippen molar-refractivity contribution >= 4 is 11.0 Å². The van der Waals surface area contributed by atoms with Crippen molar-refractivity contribution in [3.05, 3.63) is 29.6 Å². The number of nitrogens with two attached hydrogens (primary N) is 1. The van der Waals surface area contributed by atoms with Gasteiger partial charge in [-0.2, -0.15) is 0 Å². The largest absolute Gasteiger partial charge is 0.367 e. The van der Waals surface area contributed by atoms with Crippen LogP contribution in [0.5, 0.6) is 0 Å². The lowest BCUT2D eigenvalue weighted by molar-refractivity contribution is 0.00761. The van der Waals surface area contributed by atoms with Gasteiger partial charge in [-0.1, -0.05) is 6.07 Å². The Morgan fingerprint density at radius 1 is 1.50 bits per heavy atom. The fourth-order valence-corrected chi connectivity index (χ4v) is 2.80. The number of aryl methyl sites for hydroxylation is 1. The number of aromatic nitrogens is 2. The van der Waals surface area contributed by atoms with Crippen LogP contribution in [0.3, 0.4) is 0 Å². The number of hydrogen-bond donors (Lipinski definition) is 1. The number of fused-ring (bicyclic) bond motifs is 1. The summed E-state index contributed by atoms with van der Waals surface area (Å²) in [5, 5.41) is 0. The molecule has 0 radical (unpaired) electrons. The van der Waals surface area contributed by atoms with Gasteiger partial charge in [-0.05, 0) is 37.5 Å². The van der Waals surface area contributed by atoms with Crippen LogP contribution in [0.1, 0.15) is 31.2 Å². The molecule has 1 atom stereocenters. The number of ether oxygens (including phenoxy) is 1. The van der Waals surface area contributed by atoms with Gasteiger partial charge < -0.3 is 15.0 Å². The quantitative estimate of drug-likeness (QED) is 0.881. The first-order chi connectivity index (χ1) is 8.64. The van der Waals surface area contributed by atoms with Crippen LogP contribution in [0.4, 0.5) is 0 Å². The zero-order valence-corrected chi connectivity index (χ0v) is 10.9. The van der Waals surface area contributed by atoms with E-state index in [1.807, 2.05) is 0 Å². The summed E-state index contributed by atoms with van der Waals surface area (Å²) < 4.78 is 8.03. The Hall–Kier alpha value is -1.39. The van der Waals surface area contributed by atoms with Crippen molar-refractivity contribution in [3.8, 4) is 0 Å². The van der Waals surface area contributed by atoms with Gasteiger partial charge in [-0.25, -0.2) is 4.98 Å². The molecule has 1 aliphatic heterocycles. The van der Waals surface area contributed by atoms with Crippen molar-refractivity contribution in [2.45, 2.75) is 31.9 Å². The average molecular weight is 245 g/mol. The lowest BCUT2D eigenvalue weighted by Gasteiger charge is -2.22. The Labute approximate surface area is 107 Å². The molecular formula is C14H19N3O. The van der Waals surface area contributed by atoms with Crippen molar-refractivity contribution < 1.29 is 4.74 Å². The SMILES string of the molecule is Cn1c(C2(C)CCCO2)nc2cc(CN)ccc21. The minimum absolute atomic E-state index is 0.239. The lowest BCUT2D eigenvalue weighted by atomic mass is 10.0. The number of hydrogen-bond acceptors (Lipinski definition) is 3. The summed E-state index contributed by atoms with van der Waals surface area (Å²) >= 11 is 0. The van der Waals surface area contributed by atoms with Crippen LogP contribution in [0.15, 0.2) is 18.2 Å². The molecule has 1 saturated heterocycles. The summed E-state index contributed by atoms with van der Waals surface area (Å²) in [7, 11) is 2.06. The number of rotatable bonds is 2. The van der Waals surface area contributed by atoms with E-state index in [9.17, 15) is 0 Å². The fourth-order valence-electron chi connectivity index (χ4n) is 2.80. The summed E-state index contributed by atoms with van der Waals surface area (Å²) in [6.07, 6.45) is 2.14. The lowest BCUT2D eigenvalue weighted by Crippen LogP contribution is -2.24. The fraction of sp³-hybridized carbons (Fsp3) is 0.500. The summed E-state index contributed by atoms with van der Waals surface area (Å²) in [6, 6.07) is 6.22. The highest BCUT2D eigenvalue weighted by atomic mass is 16.5. The maximum atomic E-state index is 5.89. The van der Waals surface area contributed by atoms with Gasteiger partial charge in [0.25, 0.3) is 0 Å². The predicted octanol–water partition coefficient (Wildman–Crippen LogP) is 2.06. The van der Waals surface area contributed by atoms with Crippen LogP contribution in [0.25, 0.3) is 11.0 Å². The molecule has 0 aliphatic carbocycles. The topological polar surface area (TPSA) is 53.1 Å². The first-order valence-electron chi connectivity index (χ1n) is 6.44. The maximum Gasteiger partial charge on any atom is 0.141 e. The van der Waals surface area contributed by atoms with Crippen LogP contribution in [0, 0.1) is 0 Å². The average Bonchev–Trinajstić information content (AvgIpc) is 2.95. The van der Waals surface area contributed by atoms with E-state index in [1.54, 1.807) is 0 Å². The van der Waals surface area contributed by atoms with Gasteiger partial charge in [-0.15, -0.1) is 0 Å². The molecule has 2 aromatic rings. The minimum Gasteiger partial charge on any atom is -0.367 e.